The van der Waals surface area contributed by atoms with E-state index in [4.69, 9.17) is 4.74 Å². The van der Waals surface area contributed by atoms with Crippen molar-refractivity contribution in [3.05, 3.63) is 72.9 Å². The summed E-state index contributed by atoms with van der Waals surface area (Å²) >= 11 is 0. The number of carbonyl (C=O) groups is 1. The van der Waals surface area contributed by atoms with E-state index in [9.17, 15) is 50.8 Å². The van der Waals surface area contributed by atoms with Crippen molar-refractivity contribution in [3.8, 4) is 0 Å². The highest BCUT2D eigenvalue weighted by Gasteiger charge is 2.27. The van der Waals surface area contributed by atoms with Crippen molar-refractivity contribution in [3.63, 3.8) is 0 Å². The van der Waals surface area contributed by atoms with Crippen LogP contribution in [0.15, 0.2) is 72.9 Å². The highest BCUT2D eigenvalue weighted by molar-refractivity contribution is 5.82. The Kier molecular flexibility index (Phi) is 24.0. The Morgan fingerprint density at radius 2 is 0.840 bits per heavy atom. The molecule has 0 saturated carbocycles. The number of cyclic esters (lactones) is 1. The third-order valence-electron chi connectivity index (χ3n) is 8.56. The number of hydrogen-bond donors (Lipinski definition) is 9. The van der Waals surface area contributed by atoms with Gasteiger partial charge >= 0.3 is 5.97 Å². The highest BCUT2D eigenvalue weighted by atomic mass is 16.5. The smallest absolute Gasteiger partial charge is 0.331 e. The van der Waals surface area contributed by atoms with Crippen LogP contribution in [-0.4, -0.2) is 113 Å². The number of aliphatic hydroxyl groups excluding tert-OH is 9. The number of aliphatic hydroxyl groups is 9. The van der Waals surface area contributed by atoms with Crippen molar-refractivity contribution in [2.75, 3.05) is 0 Å². The van der Waals surface area contributed by atoms with Crippen molar-refractivity contribution in [2.45, 2.75) is 152 Å². The average molecular weight is 709 g/mol. The first-order valence-corrected chi connectivity index (χ1v) is 18.0. The number of allylic oxidation sites excluding steroid dienone is 10. The molecule has 0 aliphatic carbocycles. The molecule has 1 aliphatic rings. The standard InChI is InChI=1S/C39H64O11/c1-27(2)39-28(3)17-18-30(41)20-32(43)22-34(45)24-36(47)26-37(48)25-35(46)23-33(44)21-31(42)19-29(40)15-13-11-9-7-5-4-6-8-10-12-14-16-38(49)50-39/h4-14,16,27-37,39-48H,15,17-26H2,1-3H3/t28-,29+,30-,31-,32-,33-,34-,35-,36+,37+,39-/m0/s1. The lowest BCUT2D eigenvalue weighted by molar-refractivity contribution is -0.148. The highest BCUT2D eigenvalue weighted by Crippen LogP contribution is 2.24. The van der Waals surface area contributed by atoms with Crippen molar-refractivity contribution < 1.29 is 55.5 Å². The molecule has 0 radical (unpaired) electrons. The van der Waals surface area contributed by atoms with E-state index >= 15 is 0 Å². The lowest BCUT2D eigenvalue weighted by Crippen LogP contribution is -2.31. The topological polar surface area (TPSA) is 208 Å². The van der Waals surface area contributed by atoms with E-state index in [1.807, 2.05) is 45.1 Å². The first-order chi connectivity index (χ1) is 23.7. The lowest BCUT2D eigenvalue weighted by Gasteiger charge is -2.28. The quantitative estimate of drug-likeness (QED) is 0.181. The van der Waals surface area contributed by atoms with Gasteiger partial charge in [0.05, 0.1) is 54.9 Å². The van der Waals surface area contributed by atoms with Gasteiger partial charge in [-0.05, 0) is 82.5 Å². The molecular weight excluding hydrogens is 644 g/mol. The molecule has 0 aromatic carbocycles. The second-order valence-electron chi connectivity index (χ2n) is 14.0. The minimum atomic E-state index is -1.12. The molecule has 11 atom stereocenters. The fourth-order valence-corrected chi connectivity index (χ4v) is 6.06. The summed E-state index contributed by atoms with van der Waals surface area (Å²) in [6, 6.07) is 0. The molecule has 0 aromatic rings. The molecule has 0 fully saturated rings. The zero-order valence-electron chi connectivity index (χ0n) is 30.0. The second-order valence-corrected chi connectivity index (χ2v) is 14.0. The summed E-state index contributed by atoms with van der Waals surface area (Å²) in [6.07, 6.45) is 11.9. The molecule has 1 aliphatic heterocycles. The first-order valence-electron chi connectivity index (χ1n) is 18.0. The molecule has 11 nitrogen and oxygen atoms in total. The van der Waals surface area contributed by atoms with Gasteiger partial charge in [-0.3, -0.25) is 0 Å². The third-order valence-corrected chi connectivity index (χ3v) is 8.56. The Bertz CT molecular complexity index is 1080. The molecule has 1 rings (SSSR count). The van der Waals surface area contributed by atoms with Gasteiger partial charge in [-0.1, -0.05) is 87.6 Å². The Balaban J connectivity index is 2.88. The van der Waals surface area contributed by atoms with Crippen molar-refractivity contribution >= 4 is 5.97 Å². The van der Waals surface area contributed by atoms with E-state index in [2.05, 4.69) is 0 Å². The summed E-state index contributed by atoms with van der Waals surface area (Å²) < 4.78 is 5.71. The SMILES string of the molecule is CC(C)[C@@H]1OC(=O)C=CC=CC=CC=CC=CC=CC[C@@H](O)C[C@H](O)C[C@H](O)C[C@H](O)C[C@@H](O)C[C@H](O)C[C@@H](O)C[C@@H](O)C[C@@H](O)CC[C@@H]1C. The number of ether oxygens (including phenoxy) is 1. The summed E-state index contributed by atoms with van der Waals surface area (Å²) in [5.41, 5.74) is 0. The van der Waals surface area contributed by atoms with Crippen LogP contribution < -0.4 is 0 Å². The first kappa shape index (κ1) is 45.6. The fourth-order valence-electron chi connectivity index (χ4n) is 6.06. The van der Waals surface area contributed by atoms with Crippen LogP contribution in [0, 0.1) is 11.8 Å². The van der Waals surface area contributed by atoms with Gasteiger partial charge in [0.25, 0.3) is 0 Å². The second kappa shape index (κ2) is 26.3. The van der Waals surface area contributed by atoms with Gasteiger partial charge in [-0.25, -0.2) is 4.79 Å². The van der Waals surface area contributed by atoms with E-state index < -0.39 is 60.9 Å². The average Bonchev–Trinajstić information content (AvgIpc) is 2.99. The van der Waals surface area contributed by atoms with Crippen molar-refractivity contribution in [1.29, 1.82) is 0 Å². The normalized spacial score (nSPS) is 35.2. The van der Waals surface area contributed by atoms with Crippen LogP contribution in [0.25, 0.3) is 0 Å². The summed E-state index contributed by atoms with van der Waals surface area (Å²) in [5.74, 6) is -0.483. The van der Waals surface area contributed by atoms with E-state index in [-0.39, 0.29) is 69.3 Å². The van der Waals surface area contributed by atoms with Crippen LogP contribution in [0.1, 0.15) is 91.4 Å². The third kappa shape index (κ3) is 23.1. The van der Waals surface area contributed by atoms with Gasteiger partial charge < -0.3 is 50.7 Å². The lowest BCUT2D eigenvalue weighted by atomic mass is 9.89. The largest absolute Gasteiger partial charge is 0.459 e. The number of hydrogen-bond acceptors (Lipinski definition) is 11. The summed E-state index contributed by atoms with van der Waals surface area (Å²) in [7, 11) is 0. The predicted octanol–water partition coefficient (Wildman–Crippen LogP) is 3.08. The van der Waals surface area contributed by atoms with Crippen LogP contribution >= 0.6 is 0 Å². The fraction of sp³-hybridized carbons (Fsp3) is 0.667. The maximum Gasteiger partial charge on any atom is 0.331 e. The van der Waals surface area contributed by atoms with Crippen LogP contribution in [-0.2, 0) is 9.53 Å². The van der Waals surface area contributed by atoms with E-state index in [0.29, 0.717) is 19.3 Å². The maximum atomic E-state index is 12.5. The summed E-state index contributed by atoms with van der Waals surface area (Å²) in [4.78, 5) is 12.5. The molecule has 0 spiro atoms. The Morgan fingerprint density at radius 1 is 0.500 bits per heavy atom. The predicted molar refractivity (Wildman–Crippen MR) is 194 cm³/mol. The Labute approximate surface area is 298 Å². The molecule has 9 N–H and O–H groups in total. The summed E-state index contributed by atoms with van der Waals surface area (Å²) in [6.45, 7) is 5.86. The minimum Gasteiger partial charge on any atom is -0.459 e. The molecule has 0 bridgehead atoms. The number of esters is 1. The molecule has 0 saturated heterocycles. The molecule has 1 heterocycles. The van der Waals surface area contributed by atoms with Gasteiger partial charge in [0.2, 0.25) is 0 Å². The van der Waals surface area contributed by atoms with Gasteiger partial charge in [-0.2, -0.15) is 0 Å². The zero-order valence-corrected chi connectivity index (χ0v) is 30.0. The van der Waals surface area contributed by atoms with Crippen molar-refractivity contribution in [1.82, 2.24) is 0 Å². The molecular formula is C39H64O11. The Morgan fingerprint density at radius 3 is 1.24 bits per heavy atom. The molecule has 50 heavy (non-hydrogen) atoms. The molecule has 0 aromatic heterocycles. The van der Waals surface area contributed by atoms with Crippen molar-refractivity contribution in [2.24, 2.45) is 11.8 Å². The van der Waals surface area contributed by atoms with E-state index in [1.54, 1.807) is 42.5 Å². The summed E-state index contributed by atoms with van der Waals surface area (Å²) in [5, 5.41) is 93.2. The van der Waals surface area contributed by atoms with Gasteiger partial charge in [-0.15, -0.1) is 0 Å². The van der Waals surface area contributed by atoms with Crippen LogP contribution in [0.2, 0.25) is 0 Å². The Hall–Kier alpha value is -2.45. The molecule has 0 amide bonds. The molecule has 0 unspecified atom stereocenters. The van der Waals surface area contributed by atoms with Gasteiger partial charge in [0.1, 0.15) is 6.10 Å². The maximum absolute atomic E-state index is 12.5. The number of rotatable bonds is 1. The number of carbonyl (C=O) groups excluding carboxylic acids is 1. The minimum absolute atomic E-state index is 0.0177. The van der Waals surface area contributed by atoms with Crippen LogP contribution in [0.3, 0.4) is 0 Å². The molecule has 11 heteroatoms. The van der Waals surface area contributed by atoms with Crippen LogP contribution in [0.5, 0.6) is 0 Å². The van der Waals surface area contributed by atoms with Crippen LogP contribution in [0.4, 0.5) is 0 Å². The van der Waals surface area contributed by atoms with Gasteiger partial charge in [0.15, 0.2) is 0 Å². The monoisotopic (exact) mass is 708 g/mol. The van der Waals surface area contributed by atoms with Gasteiger partial charge in [0, 0.05) is 6.08 Å². The molecule has 286 valence electrons. The van der Waals surface area contributed by atoms with E-state index in [0.717, 1.165) is 0 Å². The zero-order chi connectivity index (χ0) is 37.5. The van der Waals surface area contributed by atoms with E-state index in [1.165, 1.54) is 6.08 Å².